The number of ether oxygens (including phenoxy) is 1. The molecule has 0 amide bonds. The molecule has 1 unspecified atom stereocenters. The van der Waals surface area contributed by atoms with Crippen molar-refractivity contribution in [3.63, 3.8) is 0 Å². The van der Waals surface area contributed by atoms with E-state index in [0.29, 0.717) is 28.1 Å². The predicted molar refractivity (Wildman–Crippen MR) is 80.1 cm³/mol. The molecule has 0 saturated carbocycles. The summed E-state index contributed by atoms with van der Waals surface area (Å²) >= 11 is 11.8. The van der Waals surface area contributed by atoms with E-state index in [1.54, 1.807) is 18.2 Å². The van der Waals surface area contributed by atoms with E-state index in [9.17, 15) is 4.79 Å². The van der Waals surface area contributed by atoms with Crippen LogP contribution in [0.5, 0.6) is 0 Å². The number of halogens is 2. The predicted octanol–water partition coefficient (Wildman–Crippen LogP) is 5.37. The molecule has 1 rings (SSSR count). The molecule has 19 heavy (non-hydrogen) atoms. The zero-order valence-corrected chi connectivity index (χ0v) is 12.9. The maximum Gasteiger partial charge on any atom is 0.339 e. The summed E-state index contributed by atoms with van der Waals surface area (Å²) in [4.78, 5) is 11.9. The number of carbonyl (C=O) groups excluding carboxylic acids is 1. The van der Waals surface area contributed by atoms with Crippen molar-refractivity contribution in [2.24, 2.45) is 5.92 Å². The molecular formula is C15H20Cl2O2. The molecule has 0 heterocycles. The summed E-state index contributed by atoms with van der Waals surface area (Å²) in [5.41, 5.74) is 0.372. The molecule has 1 atom stereocenters. The normalized spacial score (nSPS) is 12.2. The van der Waals surface area contributed by atoms with E-state index in [1.807, 2.05) is 0 Å². The smallest absolute Gasteiger partial charge is 0.339 e. The van der Waals surface area contributed by atoms with Gasteiger partial charge in [0.25, 0.3) is 0 Å². The van der Waals surface area contributed by atoms with E-state index in [4.69, 9.17) is 27.9 Å². The van der Waals surface area contributed by atoms with Crippen molar-refractivity contribution in [1.29, 1.82) is 0 Å². The van der Waals surface area contributed by atoms with Gasteiger partial charge in [0.15, 0.2) is 0 Å². The third-order valence-corrected chi connectivity index (χ3v) is 3.69. The lowest BCUT2D eigenvalue weighted by Crippen LogP contribution is -2.14. The average Bonchev–Trinajstić information content (AvgIpc) is 2.38. The van der Waals surface area contributed by atoms with Gasteiger partial charge in [0.1, 0.15) is 0 Å². The fourth-order valence-corrected chi connectivity index (χ4v) is 2.31. The summed E-state index contributed by atoms with van der Waals surface area (Å²) in [5.74, 6) is 0.0478. The Morgan fingerprint density at radius 2 is 2.05 bits per heavy atom. The Bertz CT molecular complexity index is 419. The molecule has 0 radical (unpaired) electrons. The van der Waals surface area contributed by atoms with Crippen LogP contribution >= 0.6 is 23.2 Å². The lowest BCUT2D eigenvalue weighted by molar-refractivity contribution is 0.0428. The number of unbranched alkanes of at least 4 members (excludes halogenated alkanes) is 1. The Morgan fingerprint density at radius 3 is 2.63 bits per heavy atom. The van der Waals surface area contributed by atoms with Crippen molar-refractivity contribution in [1.82, 2.24) is 0 Å². The van der Waals surface area contributed by atoms with Gasteiger partial charge in [-0.15, -0.1) is 0 Å². The average molecular weight is 303 g/mol. The van der Waals surface area contributed by atoms with Gasteiger partial charge in [0.2, 0.25) is 0 Å². The quantitative estimate of drug-likeness (QED) is 0.633. The summed E-state index contributed by atoms with van der Waals surface area (Å²) in [5, 5.41) is 0.843. The number of rotatable bonds is 7. The number of carbonyl (C=O) groups is 1. The number of hydrogen-bond acceptors (Lipinski definition) is 2. The minimum atomic E-state index is -0.378. The summed E-state index contributed by atoms with van der Waals surface area (Å²) < 4.78 is 5.33. The van der Waals surface area contributed by atoms with Crippen molar-refractivity contribution in [2.45, 2.75) is 39.5 Å². The molecule has 0 N–H and O–H groups in total. The maximum absolute atomic E-state index is 11.9. The van der Waals surface area contributed by atoms with E-state index >= 15 is 0 Å². The first-order valence-electron chi connectivity index (χ1n) is 6.70. The largest absolute Gasteiger partial charge is 0.462 e. The molecule has 106 valence electrons. The summed E-state index contributed by atoms with van der Waals surface area (Å²) in [7, 11) is 0. The molecule has 0 aromatic heterocycles. The van der Waals surface area contributed by atoms with Crippen molar-refractivity contribution in [3.05, 3.63) is 33.8 Å². The standard InChI is InChI=1S/C15H20Cl2O2/c1-3-5-6-11(4-2)10-19-15(18)13-8-7-12(16)9-14(13)17/h7-9,11H,3-6,10H2,1-2H3. The van der Waals surface area contributed by atoms with E-state index < -0.39 is 0 Å². The molecule has 1 aromatic carbocycles. The Hall–Kier alpha value is -0.730. The number of hydrogen-bond donors (Lipinski definition) is 0. The highest BCUT2D eigenvalue weighted by Gasteiger charge is 2.14. The van der Waals surface area contributed by atoms with Crippen LogP contribution in [-0.2, 0) is 4.74 Å². The van der Waals surface area contributed by atoms with Crippen molar-refractivity contribution in [3.8, 4) is 0 Å². The van der Waals surface area contributed by atoms with Gasteiger partial charge in [-0.1, -0.05) is 56.3 Å². The van der Waals surface area contributed by atoms with Gasteiger partial charge in [-0.25, -0.2) is 4.79 Å². The van der Waals surface area contributed by atoms with Crippen LogP contribution in [0.15, 0.2) is 18.2 Å². The third-order valence-electron chi connectivity index (χ3n) is 3.14. The second-order valence-electron chi connectivity index (χ2n) is 4.64. The lowest BCUT2D eigenvalue weighted by Gasteiger charge is -2.15. The van der Waals surface area contributed by atoms with Crippen LogP contribution in [-0.4, -0.2) is 12.6 Å². The SMILES string of the molecule is CCCCC(CC)COC(=O)c1ccc(Cl)cc1Cl. The molecule has 0 saturated heterocycles. The summed E-state index contributed by atoms with van der Waals surface area (Å²) in [6.07, 6.45) is 4.43. The molecule has 4 heteroatoms. The molecule has 0 bridgehead atoms. The topological polar surface area (TPSA) is 26.3 Å². The van der Waals surface area contributed by atoms with Crippen LogP contribution in [0.2, 0.25) is 10.0 Å². The third kappa shape index (κ3) is 5.42. The summed E-state index contributed by atoms with van der Waals surface area (Å²) in [6.45, 7) is 4.73. The first-order chi connectivity index (χ1) is 9.08. The van der Waals surface area contributed by atoms with E-state index in [0.717, 1.165) is 25.7 Å². The first-order valence-corrected chi connectivity index (χ1v) is 7.46. The Kier molecular flexibility index (Phi) is 7.25. The number of esters is 1. The van der Waals surface area contributed by atoms with Crippen molar-refractivity contribution >= 4 is 29.2 Å². The first kappa shape index (κ1) is 16.3. The maximum atomic E-state index is 11.9. The molecule has 0 spiro atoms. The second kappa shape index (κ2) is 8.44. The Labute approximate surface area is 125 Å². The van der Waals surface area contributed by atoms with E-state index in [1.165, 1.54) is 0 Å². The zero-order chi connectivity index (χ0) is 14.3. The monoisotopic (exact) mass is 302 g/mol. The highest BCUT2D eigenvalue weighted by molar-refractivity contribution is 6.36. The van der Waals surface area contributed by atoms with Crippen LogP contribution in [0.4, 0.5) is 0 Å². The van der Waals surface area contributed by atoms with E-state index in [2.05, 4.69) is 13.8 Å². The molecule has 2 nitrogen and oxygen atoms in total. The zero-order valence-electron chi connectivity index (χ0n) is 11.4. The van der Waals surface area contributed by atoms with Gasteiger partial charge in [-0.3, -0.25) is 0 Å². The van der Waals surface area contributed by atoms with E-state index in [-0.39, 0.29) is 5.97 Å². The van der Waals surface area contributed by atoms with Gasteiger partial charge in [0, 0.05) is 5.02 Å². The van der Waals surface area contributed by atoms with Gasteiger partial charge in [-0.2, -0.15) is 0 Å². The number of benzene rings is 1. The minimum Gasteiger partial charge on any atom is -0.462 e. The molecule has 0 fully saturated rings. The van der Waals surface area contributed by atoms with Crippen LogP contribution in [0.3, 0.4) is 0 Å². The lowest BCUT2D eigenvalue weighted by atomic mass is 10.0. The van der Waals surface area contributed by atoms with Crippen LogP contribution in [0.1, 0.15) is 49.9 Å². The highest BCUT2D eigenvalue weighted by atomic mass is 35.5. The van der Waals surface area contributed by atoms with Gasteiger partial charge < -0.3 is 4.74 Å². The van der Waals surface area contributed by atoms with Crippen LogP contribution in [0, 0.1) is 5.92 Å². The fourth-order valence-electron chi connectivity index (χ4n) is 1.82. The van der Waals surface area contributed by atoms with Crippen LogP contribution < -0.4 is 0 Å². The highest BCUT2D eigenvalue weighted by Crippen LogP contribution is 2.22. The Morgan fingerprint density at radius 1 is 1.32 bits per heavy atom. The molecule has 0 aliphatic carbocycles. The minimum absolute atomic E-state index is 0.333. The van der Waals surface area contributed by atoms with Crippen molar-refractivity contribution in [2.75, 3.05) is 6.61 Å². The molecule has 1 aromatic rings. The molecule has 0 aliphatic heterocycles. The van der Waals surface area contributed by atoms with Crippen molar-refractivity contribution < 1.29 is 9.53 Å². The molecule has 0 aliphatic rings. The van der Waals surface area contributed by atoms with Gasteiger partial charge in [-0.05, 0) is 30.5 Å². The fraction of sp³-hybridized carbons (Fsp3) is 0.533. The second-order valence-corrected chi connectivity index (χ2v) is 5.48. The van der Waals surface area contributed by atoms with Crippen LogP contribution in [0.25, 0.3) is 0 Å². The van der Waals surface area contributed by atoms with Gasteiger partial charge >= 0.3 is 5.97 Å². The Balaban J connectivity index is 2.54. The van der Waals surface area contributed by atoms with Gasteiger partial charge in [0.05, 0.1) is 17.2 Å². The summed E-state index contributed by atoms with van der Waals surface area (Å²) in [6, 6.07) is 4.78. The molecular weight excluding hydrogens is 283 g/mol.